The number of benzene rings is 1. The number of carbonyl (C=O) groups is 1. The molecule has 1 fully saturated rings. The minimum absolute atomic E-state index is 0.0625. The van der Waals surface area contributed by atoms with E-state index in [9.17, 15) is 18.0 Å². The smallest absolute Gasteiger partial charge is 0.259 e. The summed E-state index contributed by atoms with van der Waals surface area (Å²) in [6.07, 6.45) is 3.23. The number of nitrogens with one attached hydrogen (secondary N) is 1. The van der Waals surface area contributed by atoms with Crippen molar-refractivity contribution in [3.8, 4) is 0 Å². The first-order valence-corrected chi connectivity index (χ1v) is 11.1. The van der Waals surface area contributed by atoms with Gasteiger partial charge < -0.3 is 10.2 Å². The third-order valence-corrected chi connectivity index (χ3v) is 5.87. The van der Waals surface area contributed by atoms with Crippen LogP contribution in [-0.2, 0) is 0 Å². The maximum absolute atomic E-state index is 13.9. The van der Waals surface area contributed by atoms with Gasteiger partial charge in [0, 0.05) is 49.3 Å². The number of fused-ring (bicyclic) bond motifs is 1. The molecule has 1 amide bonds. The van der Waals surface area contributed by atoms with E-state index in [2.05, 4.69) is 15.3 Å². The Kier molecular flexibility index (Phi) is 6.04. The van der Waals surface area contributed by atoms with E-state index < -0.39 is 17.6 Å². The average Bonchev–Trinajstić information content (AvgIpc) is 2.93. The van der Waals surface area contributed by atoms with Crippen LogP contribution in [0.5, 0.6) is 0 Å². The molecule has 0 spiro atoms. The van der Waals surface area contributed by atoms with Crippen molar-refractivity contribution >= 4 is 40.1 Å². The minimum Gasteiger partial charge on any atom is -0.356 e. The van der Waals surface area contributed by atoms with Crippen LogP contribution in [0.3, 0.4) is 0 Å². The third kappa shape index (κ3) is 4.92. The second-order valence-corrected chi connectivity index (χ2v) is 8.26. The number of thioether (sulfide) groups is 1. The zero-order chi connectivity index (χ0) is 22.0. The first kappa shape index (κ1) is 21.4. The summed E-state index contributed by atoms with van der Waals surface area (Å²) in [6.45, 7) is 0.405. The van der Waals surface area contributed by atoms with Crippen molar-refractivity contribution in [2.24, 2.45) is 0 Å². The molecule has 1 aromatic carbocycles. The van der Waals surface area contributed by atoms with Crippen LogP contribution >= 0.6 is 11.8 Å². The van der Waals surface area contributed by atoms with E-state index in [0.717, 1.165) is 5.03 Å². The van der Waals surface area contributed by atoms with Crippen molar-refractivity contribution in [3.63, 3.8) is 0 Å². The molecule has 1 N–H and O–H groups in total. The molecule has 162 valence electrons. The number of halogens is 3. The summed E-state index contributed by atoms with van der Waals surface area (Å²) in [5.41, 5.74) is 1.19. The molecule has 1 aliphatic rings. The number of anilines is 2. The van der Waals surface area contributed by atoms with E-state index >= 15 is 0 Å². The van der Waals surface area contributed by atoms with Crippen LogP contribution in [-0.4, -0.2) is 41.1 Å². The molecular formula is C22H21F3N4OS. The number of carbonyl (C=O) groups excluding carboxylic acids is 1. The highest BCUT2D eigenvalue weighted by molar-refractivity contribution is 7.98. The van der Waals surface area contributed by atoms with Gasteiger partial charge in [-0.15, -0.1) is 11.8 Å². The van der Waals surface area contributed by atoms with E-state index in [4.69, 9.17) is 0 Å². The lowest BCUT2D eigenvalue weighted by Crippen LogP contribution is -2.29. The minimum atomic E-state index is -2.74. The van der Waals surface area contributed by atoms with Gasteiger partial charge >= 0.3 is 0 Å². The van der Waals surface area contributed by atoms with Crippen molar-refractivity contribution < 1.29 is 18.0 Å². The summed E-state index contributed by atoms with van der Waals surface area (Å²) >= 11 is 1.45. The summed E-state index contributed by atoms with van der Waals surface area (Å²) < 4.78 is 41.5. The summed E-state index contributed by atoms with van der Waals surface area (Å²) in [5.74, 6) is -3.33. The van der Waals surface area contributed by atoms with E-state index in [-0.39, 0.29) is 37.2 Å². The number of rotatable bonds is 4. The Hall–Kier alpha value is -2.81. The monoisotopic (exact) mass is 446 g/mol. The SMILES string of the molecule is CSc1cc(NC(=O)c2cc3ccc(F)cc3nc2N2CCCC(F)(F)CC2)ccn1. The molecule has 9 heteroatoms. The molecule has 1 saturated heterocycles. The molecule has 31 heavy (non-hydrogen) atoms. The van der Waals surface area contributed by atoms with Gasteiger partial charge in [0.25, 0.3) is 5.91 Å². The normalized spacial score (nSPS) is 16.2. The number of nitrogens with zero attached hydrogens (tertiary/aromatic N) is 3. The zero-order valence-corrected chi connectivity index (χ0v) is 17.7. The van der Waals surface area contributed by atoms with Crippen molar-refractivity contribution in [2.45, 2.75) is 30.2 Å². The van der Waals surface area contributed by atoms with Crippen LogP contribution in [0.15, 0.2) is 47.6 Å². The molecule has 0 bridgehead atoms. The molecular weight excluding hydrogens is 425 g/mol. The van der Waals surface area contributed by atoms with Gasteiger partial charge in [0.15, 0.2) is 0 Å². The van der Waals surface area contributed by atoms with E-state index in [0.29, 0.717) is 23.1 Å². The van der Waals surface area contributed by atoms with Gasteiger partial charge in [-0.2, -0.15) is 0 Å². The van der Waals surface area contributed by atoms with Crippen molar-refractivity contribution in [1.29, 1.82) is 0 Å². The first-order chi connectivity index (χ1) is 14.8. The predicted octanol–water partition coefficient (Wildman–Crippen LogP) is 5.37. The van der Waals surface area contributed by atoms with Crippen molar-refractivity contribution in [1.82, 2.24) is 9.97 Å². The van der Waals surface area contributed by atoms with Gasteiger partial charge in [-0.25, -0.2) is 23.1 Å². The van der Waals surface area contributed by atoms with E-state index in [1.54, 1.807) is 35.4 Å². The first-order valence-electron chi connectivity index (χ1n) is 9.89. The lowest BCUT2D eigenvalue weighted by Gasteiger charge is -2.24. The molecule has 0 saturated carbocycles. The Morgan fingerprint density at radius 1 is 1.16 bits per heavy atom. The topological polar surface area (TPSA) is 58.1 Å². The highest BCUT2D eigenvalue weighted by Gasteiger charge is 2.33. The van der Waals surface area contributed by atoms with Gasteiger partial charge in [-0.05, 0) is 43.0 Å². The van der Waals surface area contributed by atoms with Gasteiger partial charge in [-0.1, -0.05) is 0 Å². The lowest BCUT2D eigenvalue weighted by molar-refractivity contribution is -0.0102. The molecule has 0 aliphatic carbocycles. The number of hydrogen-bond acceptors (Lipinski definition) is 5. The van der Waals surface area contributed by atoms with Crippen LogP contribution in [0.1, 0.15) is 29.6 Å². The molecule has 2 aromatic heterocycles. The predicted molar refractivity (Wildman–Crippen MR) is 117 cm³/mol. The Balaban J connectivity index is 1.74. The average molecular weight is 446 g/mol. The van der Waals surface area contributed by atoms with Crippen molar-refractivity contribution in [2.75, 3.05) is 29.6 Å². The number of pyridine rings is 2. The number of amides is 1. The van der Waals surface area contributed by atoms with Crippen LogP contribution in [0.4, 0.5) is 24.7 Å². The molecule has 4 rings (SSSR count). The fourth-order valence-corrected chi connectivity index (χ4v) is 4.02. The molecule has 3 aromatic rings. The van der Waals surface area contributed by atoms with Crippen LogP contribution < -0.4 is 10.2 Å². The second-order valence-electron chi connectivity index (χ2n) is 7.43. The summed E-state index contributed by atoms with van der Waals surface area (Å²) in [7, 11) is 0. The highest BCUT2D eigenvalue weighted by Crippen LogP contribution is 2.32. The van der Waals surface area contributed by atoms with Gasteiger partial charge in [0.05, 0.1) is 16.1 Å². The number of alkyl halides is 2. The summed E-state index contributed by atoms with van der Waals surface area (Å²) in [4.78, 5) is 23.6. The Morgan fingerprint density at radius 3 is 2.81 bits per heavy atom. The molecule has 0 atom stereocenters. The van der Waals surface area contributed by atoms with Gasteiger partial charge in [0.1, 0.15) is 11.6 Å². The van der Waals surface area contributed by atoms with Crippen LogP contribution in [0.25, 0.3) is 10.9 Å². The highest BCUT2D eigenvalue weighted by atomic mass is 32.2. The third-order valence-electron chi connectivity index (χ3n) is 5.22. The molecule has 5 nitrogen and oxygen atoms in total. The Bertz CT molecular complexity index is 1130. The number of hydrogen-bond donors (Lipinski definition) is 1. The fraction of sp³-hybridized carbons (Fsp3) is 0.318. The lowest BCUT2D eigenvalue weighted by atomic mass is 10.1. The van der Waals surface area contributed by atoms with E-state index in [1.807, 2.05) is 6.26 Å². The molecule has 1 aliphatic heterocycles. The maximum Gasteiger partial charge on any atom is 0.259 e. The van der Waals surface area contributed by atoms with Crippen molar-refractivity contribution in [3.05, 3.63) is 54.0 Å². The fourth-order valence-electron chi connectivity index (χ4n) is 3.61. The van der Waals surface area contributed by atoms with Crippen LogP contribution in [0.2, 0.25) is 0 Å². The summed E-state index contributed by atoms with van der Waals surface area (Å²) in [6, 6.07) is 9.18. The number of aromatic nitrogens is 2. The Morgan fingerprint density at radius 2 is 2.00 bits per heavy atom. The Labute approximate surface area is 182 Å². The van der Waals surface area contributed by atoms with Crippen LogP contribution in [0, 0.1) is 5.82 Å². The van der Waals surface area contributed by atoms with Gasteiger partial charge in [-0.3, -0.25) is 4.79 Å². The van der Waals surface area contributed by atoms with E-state index in [1.165, 1.54) is 23.9 Å². The van der Waals surface area contributed by atoms with Gasteiger partial charge in [0.2, 0.25) is 5.92 Å². The standard InChI is InChI=1S/C22H21F3N4OS/c1-31-19-13-16(5-8-26-19)27-21(30)17-11-14-3-4-15(23)12-18(14)28-20(17)29-9-2-6-22(24,25)7-10-29/h3-5,8,11-13H,2,6-7,9-10H2,1H3,(H,26,27,30). The largest absolute Gasteiger partial charge is 0.356 e. The maximum atomic E-state index is 13.9. The quantitative estimate of drug-likeness (QED) is 0.546. The second kappa shape index (κ2) is 8.74. The zero-order valence-electron chi connectivity index (χ0n) is 16.9. The summed E-state index contributed by atoms with van der Waals surface area (Å²) in [5, 5.41) is 4.18. The molecule has 0 radical (unpaired) electrons. The molecule has 3 heterocycles. The molecule has 0 unspecified atom stereocenters.